The molecule has 1 unspecified atom stereocenters. The fourth-order valence-corrected chi connectivity index (χ4v) is 1.93. The molecule has 0 spiro atoms. The number of carbonyl (C=O) groups is 1. The van der Waals surface area contributed by atoms with Crippen LogP contribution in [-0.4, -0.2) is 50.3 Å². The van der Waals surface area contributed by atoms with Gasteiger partial charge in [0.2, 0.25) is 0 Å². The summed E-state index contributed by atoms with van der Waals surface area (Å²) in [5, 5.41) is 0. The molecule has 1 atom stereocenters. The smallest absolute Gasteiger partial charge is 0.323 e. The van der Waals surface area contributed by atoms with Crippen LogP contribution in [0.2, 0.25) is 0 Å². The standard InChI is InChI=1S/C14H27NO3/c1-4-6-13(14(16)18-5-2)15(3)9-10-17-11-12-7-8-12/h12-13H,4-11H2,1-3H3. The van der Waals surface area contributed by atoms with Crippen molar-refractivity contribution in [2.24, 2.45) is 5.92 Å². The first-order valence-corrected chi connectivity index (χ1v) is 7.13. The molecule has 1 saturated carbocycles. The zero-order chi connectivity index (χ0) is 13.4. The second kappa shape index (κ2) is 8.48. The number of nitrogens with zero attached hydrogens (tertiary/aromatic N) is 1. The summed E-state index contributed by atoms with van der Waals surface area (Å²) in [6, 6.07) is -0.125. The normalized spacial score (nSPS) is 16.9. The van der Waals surface area contributed by atoms with Crippen molar-refractivity contribution < 1.29 is 14.3 Å². The van der Waals surface area contributed by atoms with E-state index in [2.05, 4.69) is 6.92 Å². The van der Waals surface area contributed by atoms with E-state index in [0.717, 1.165) is 31.9 Å². The first kappa shape index (κ1) is 15.4. The van der Waals surface area contributed by atoms with Gasteiger partial charge in [0, 0.05) is 13.2 Å². The van der Waals surface area contributed by atoms with E-state index in [1.54, 1.807) is 0 Å². The summed E-state index contributed by atoms with van der Waals surface area (Å²) >= 11 is 0. The fourth-order valence-electron chi connectivity index (χ4n) is 1.93. The summed E-state index contributed by atoms with van der Waals surface area (Å²) in [5.41, 5.74) is 0. The van der Waals surface area contributed by atoms with E-state index < -0.39 is 0 Å². The number of ether oxygens (including phenoxy) is 2. The highest BCUT2D eigenvalue weighted by Gasteiger charge is 2.24. The molecule has 0 aromatic heterocycles. The monoisotopic (exact) mass is 257 g/mol. The second-order valence-electron chi connectivity index (χ2n) is 5.06. The molecule has 0 aromatic rings. The minimum atomic E-state index is -0.125. The third kappa shape index (κ3) is 5.83. The zero-order valence-corrected chi connectivity index (χ0v) is 12.0. The topological polar surface area (TPSA) is 38.8 Å². The van der Waals surface area contributed by atoms with Gasteiger partial charge in [0.15, 0.2) is 0 Å². The van der Waals surface area contributed by atoms with Gasteiger partial charge >= 0.3 is 5.97 Å². The Bertz CT molecular complexity index is 241. The molecule has 0 saturated heterocycles. The molecule has 1 fully saturated rings. The van der Waals surface area contributed by atoms with Crippen LogP contribution in [0, 0.1) is 5.92 Å². The van der Waals surface area contributed by atoms with Gasteiger partial charge in [-0.1, -0.05) is 13.3 Å². The lowest BCUT2D eigenvalue weighted by Gasteiger charge is -2.25. The molecule has 1 rings (SSSR count). The van der Waals surface area contributed by atoms with Gasteiger partial charge < -0.3 is 9.47 Å². The number of hydrogen-bond donors (Lipinski definition) is 0. The van der Waals surface area contributed by atoms with Gasteiger partial charge in [-0.2, -0.15) is 0 Å². The molecule has 1 aliphatic rings. The first-order valence-electron chi connectivity index (χ1n) is 7.13. The van der Waals surface area contributed by atoms with Gasteiger partial charge in [-0.15, -0.1) is 0 Å². The van der Waals surface area contributed by atoms with E-state index in [9.17, 15) is 4.79 Å². The third-order valence-corrected chi connectivity index (χ3v) is 3.29. The maximum atomic E-state index is 11.8. The minimum Gasteiger partial charge on any atom is -0.465 e. The maximum absolute atomic E-state index is 11.8. The molecule has 0 heterocycles. The van der Waals surface area contributed by atoms with Gasteiger partial charge in [0.1, 0.15) is 6.04 Å². The highest BCUT2D eigenvalue weighted by molar-refractivity contribution is 5.75. The molecular weight excluding hydrogens is 230 g/mol. The van der Waals surface area contributed by atoms with Crippen molar-refractivity contribution in [3.63, 3.8) is 0 Å². The number of hydrogen-bond acceptors (Lipinski definition) is 4. The van der Waals surface area contributed by atoms with Crippen LogP contribution in [0.3, 0.4) is 0 Å². The van der Waals surface area contributed by atoms with Gasteiger partial charge in [-0.3, -0.25) is 9.69 Å². The lowest BCUT2D eigenvalue weighted by atomic mass is 10.1. The van der Waals surface area contributed by atoms with Crippen LogP contribution in [-0.2, 0) is 14.3 Å². The van der Waals surface area contributed by atoms with Crippen LogP contribution >= 0.6 is 0 Å². The molecule has 0 amide bonds. The molecule has 0 radical (unpaired) electrons. The Labute approximate surface area is 111 Å². The Morgan fingerprint density at radius 3 is 2.67 bits per heavy atom. The second-order valence-corrected chi connectivity index (χ2v) is 5.06. The average Bonchev–Trinajstić information content (AvgIpc) is 3.15. The Balaban J connectivity index is 2.23. The van der Waals surface area contributed by atoms with Gasteiger partial charge in [0.05, 0.1) is 13.2 Å². The van der Waals surface area contributed by atoms with Crippen molar-refractivity contribution in [3.8, 4) is 0 Å². The number of carbonyl (C=O) groups excluding carboxylic acids is 1. The molecule has 1 aliphatic carbocycles. The van der Waals surface area contributed by atoms with Crippen LogP contribution in [0.1, 0.15) is 39.5 Å². The Hall–Kier alpha value is -0.610. The molecular formula is C14H27NO3. The SMILES string of the molecule is CCCC(C(=O)OCC)N(C)CCOCC1CC1. The fraction of sp³-hybridized carbons (Fsp3) is 0.929. The summed E-state index contributed by atoms with van der Waals surface area (Å²) < 4.78 is 10.7. The summed E-state index contributed by atoms with van der Waals surface area (Å²) in [6.45, 7) is 6.75. The highest BCUT2D eigenvalue weighted by atomic mass is 16.5. The number of likely N-dealkylation sites (N-methyl/N-ethyl adjacent to an activating group) is 1. The van der Waals surface area contributed by atoms with Crippen LogP contribution < -0.4 is 0 Å². The Kier molecular flexibility index (Phi) is 7.28. The molecule has 0 bridgehead atoms. The van der Waals surface area contributed by atoms with E-state index in [1.807, 2.05) is 18.9 Å². The van der Waals surface area contributed by atoms with Crippen molar-refractivity contribution in [1.29, 1.82) is 0 Å². The lowest BCUT2D eigenvalue weighted by Crippen LogP contribution is -2.41. The largest absolute Gasteiger partial charge is 0.465 e. The Morgan fingerprint density at radius 1 is 1.39 bits per heavy atom. The van der Waals surface area contributed by atoms with Crippen molar-refractivity contribution in [2.75, 3.05) is 33.4 Å². The highest BCUT2D eigenvalue weighted by Crippen LogP contribution is 2.28. The van der Waals surface area contributed by atoms with Crippen LogP contribution in [0.5, 0.6) is 0 Å². The van der Waals surface area contributed by atoms with E-state index in [0.29, 0.717) is 13.2 Å². The van der Waals surface area contributed by atoms with Crippen molar-refractivity contribution in [1.82, 2.24) is 4.90 Å². The molecule has 4 nitrogen and oxygen atoms in total. The molecule has 0 aliphatic heterocycles. The molecule has 4 heteroatoms. The van der Waals surface area contributed by atoms with Crippen molar-refractivity contribution >= 4 is 5.97 Å². The summed E-state index contributed by atoms with van der Waals surface area (Å²) in [4.78, 5) is 13.9. The third-order valence-electron chi connectivity index (χ3n) is 3.29. The van der Waals surface area contributed by atoms with Crippen LogP contribution in [0.25, 0.3) is 0 Å². The summed E-state index contributed by atoms with van der Waals surface area (Å²) in [5.74, 6) is 0.691. The van der Waals surface area contributed by atoms with Crippen LogP contribution in [0.15, 0.2) is 0 Å². The maximum Gasteiger partial charge on any atom is 0.323 e. The van der Waals surface area contributed by atoms with Crippen molar-refractivity contribution in [2.45, 2.75) is 45.6 Å². The Morgan fingerprint density at radius 2 is 2.11 bits per heavy atom. The summed E-state index contributed by atoms with van der Waals surface area (Å²) in [7, 11) is 1.97. The predicted molar refractivity (Wildman–Crippen MR) is 71.5 cm³/mol. The molecule has 0 N–H and O–H groups in total. The first-order chi connectivity index (χ1) is 8.69. The predicted octanol–water partition coefficient (Wildman–Crippen LogP) is 2.08. The van der Waals surface area contributed by atoms with E-state index in [4.69, 9.17) is 9.47 Å². The van der Waals surface area contributed by atoms with E-state index in [1.165, 1.54) is 12.8 Å². The van der Waals surface area contributed by atoms with Gasteiger partial charge in [-0.05, 0) is 39.2 Å². The van der Waals surface area contributed by atoms with Crippen molar-refractivity contribution in [3.05, 3.63) is 0 Å². The molecule has 106 valence electrons. The molecule has 18 heavy (non-hydrogen) atoms. The lowest BCUT2D eigenvalue weighted by molar-refractivity contribution is -0.149. The number of esters is 1. The number of rotatable bonds is 10. The average molecular weight is 257 g/mol. The van der Waals surface area contributed by atoms with E-state index in [-0.39, 0.29) is 12.0 Å². The van der Waals surface area contributed by atoms with Gasteiger partial charge in [-0.25, -0.2) is 0 Å². The molecule has 0 aromatic carbocycles. The van der Waals surface area contributed by atoms with E-state index >= 15 is 0 Å². The summed E-state index contributed by atoms with van der Waals surface area (Å²) in [6.07, 6.45) is 4.46. The zero-order valence-electron chi connectivity index (χ0n) is 12.0. The van der Waals surface area contributed by atoms with Crippen LogP contribution in [0.4, 0.5) is 0 Å². The quantitative estimate of drug-likeness (QED) is 0.444. The van der Waals surface area contributed by atoms with Gasteiger partial charge in [0.25, 0.3) is 0 Å². The minimum absolute atomic E-state index is 0.107.